The van der Waals surface area contributed by atoms with Crippen LogP contribution in [0.4, 0.5) is 0 Å². The average Bonchev–Trinajstić information content (AvgIpc) is 3.39. The topological polar surface area (TPSA) is 99.3 Å². The molecular formula is C23H19BrN4O3. The number of hydrogen-bond donors (Lipinski definition) is 3. The lowest BCUT2D eigenvalue weighted by atomic mass is 10.0. The number of carbonyl (C=O) groups excluding carboxylic acids is 2. The minimum atomic E-state index is -0.442. The van der Waals surface area contributed by atoms with Crippen LogP contribution < -0.4 is 5.43 Å². The van der Waals surface area contributed by atoms with Crippen LogP contribution in [0.5, 0.6) is 0 Å². The third kappa shape index (κ3) is 4.44. The zero-order valence-corrected chi connectivity index (χ0v) is 18.2. The van der Waals surface area contributed by atoms with Gasteiger partial charge in [-0.15, -0.1) is 0 Å². The van der Waals surface area contributed by atoms with E-state index in [2.05, 4.69) is 36.4 Å². The number of benzene rings is 2. The molecule has 0 unspecified atom stereocenters. The highest BCUT2D eigenvalue weighted by molar-refractivity contribution is 9.10. The van der Waals surface area contributed by atoms with E-state index in [1.807, 2.05) is 48.5 Å². The number of H-pyrrole nitrogens is 2. The van der Waals surface area contributed by atoms with E-state index in [1.54, 1.807) is 19.1 Å². The summed E-state index contributed by atoms with van der Waals surface area (Å²) in [5, 5.41) is 4.95. The second kappa shape index (κ2) is 9.01. The van der Waals surface area contributed by atoms with Crippen LogP contribution in [0.15, 0.2) is 70.2 Å². The lowest BCUT2D eigenvalue weighted by Gasteiger charge is -2.04. The number of nitrogens with one attached hydrogen (secondary N) is 3. The zero-order valence-electron chi connectivity index (χ0n) is 16.6. The summed E-state index contributed by atoms with van der Waals surface area (Å²) in [6.45, 7) is 2.04. The number of aromatic nitrogens is 2. The van der Waals surface area contributed by atoms with Gasteiger partial charge in [0, 0.05) is 20.9 Å². The van der Waals surface area contributed by atoms with Gasteiger partial charge in [0.2, 0.25) is 0 Å². The smallest absolute Gasteiger partial charge is 0.354 e. The average molecular weight is 479 g/mol. The Labute approximate surface area is 186 Å². The van der Waals surface area contributed by atoms with E-state index in [1.165, 1.54) is 6.21 Å². The molecule has 1 amide bonds. The van der Waals surface area contributed by atoms with Gasteiger partial charge < -0.3 is 14.7 Å². The molecule has 0 aliphatic carbocycles. The van der Waals surface area contributed by atoms with Crippen molar-refractivity contribution in [1.29, 1.82) is 0 Å². The normalized spacial score (nSPS) is 11.2. The van der Waals surface area contributed by atoms with Crippen molar-refractivity contribution in [3.63, 3.8) is 0 Å². The molecule has 0 atom stereocenters. The van der Waals surface area contributed by atoms with Gasteiger partial charge in [-0.1, -0.05) is 46.3 Å². The molecule has 0 aliphatic heterocycles. The quantitative estimate of drug-likeness (QED) is 0.209. The van der Waals surface area contributed by atoms with Gasteiger partial charge in [-0.25, -0.2) is 10.2 Å². The number of fused-ring (bicyclic) bond motifs is 1. The highest BCUT2D eigenvalue weighted by atomic mass is 79.9. The minimum Gasteiger partial charge on any atom is -0.461 e. The van der Waals surface area contributed by atoms with Crippen molar-refractivity contribution >= 4 is 44.9 Å². The van der Waals surface area contributed by atoms with E-state index in [4.69, 9.17) is 4.74 Å². The minimum absolute atomic E-state index is 0.294. The summed E-state index contributed by atoms with van der Waals surface area (Å²) in [6.07, 6.45) is 1.43. The Hall–Kier alpha value is -3.65. The van der Waals surface area contributed by atoms with Crippen LogP contribution in [0.3, 0.4) is 0 Å². The number of rotatable bonds is 6. The molecule has 0 fully saturated rings. The largest absolute Gasteiger partial charge is 0.461 e. The van der Waals surface area contributed by atoms with Crippen LogP contribution in [0.1, 0.15) is 33.6 Å². The van der Waals surface area contributed by atoms with Crippen LogP contribution in [0, 0.1) is 0 Å². The summed E-state index contributed by atoms with van der Waals surface area (Å²) in [5.74, 6) is -0.817. The summed E-state index contributed by atoms with van der Waals surface area (Å²) in [6, 6.07) is 18.8. The Balaban J connectivity index is 1.60. The van der Waals surface area contributed by atoms with Gasteiger partial charge in [0.1, 0.15) is 11.4 Å². The van der Waals surface area contributed by atoms with Gasteiger partial charge in [0.25, 0.3) is 5.91 Å². The first-order chi connectivity index (χ1) is 15.1. The molecule has 8 heteroatoms. The van der Waals surface area contributed by atoms with E-state index in [0.29, 0.717) is 23.7 Å². The first-order valence-corrected chi connectivity index (χ1v) is 10.4. The number of nitrogens with zero attached hydrogens (tertiary/aromatic N) is 1. The number of amides is 1. The number of esters is 1. The van der Waals surface area contributed by atoms with Gasteiger partial charge in [-0.05, 0) is 42.8 Å². The summed E-state index contributed by atoms with van der Waals surface area (Å²) < 4.78 is 5.86. The molecule has 0 spiro atoms. The molecule has 0 saturated carbocycles. The molecule has 4 aromatic rings. The maximum absolute atomic E-state index is 12.9. The van der Waals surface area contributed by atoms with E-state index in [-0.39, 0.29) is 5.91 Å². The molecule has 2 heterocycles. The zero-order chi connectivity index (χ0) is 21.8. The SMILES string of the molecule is CCOC(=O)c1ccc(/C=N/NC(=O)c2[nH]c3ccc(Br)cc3c2-c2ccccc2)[nH]1. The monoisotopic (exact) mass is 478 g/mol. The van der Waals surface area contributed by atoms with Gasteiger partial charge in [0.05, 0.1) is 18.5 Å². The Bertz CT molecular complexity index is 1270. The Morgan fingerprint density at radius 3 is 2.68 bits per heavy atom. The number of carbonyl (C=O) groups is 2. The fourth-order valence-electron chi connectivity index (χ4n) is 3.27. The lowest BCUT2D eigenvalue weighted by molar-refractivity contribution is 0.0520. The third-order valence-electron chi connectivity index (χ3n) is 4.62. The van der Waals surface area contributed by atoms with E-state index >= 15 is 0 Å². The molecule has 156 valence electrons. The third-order valence-corrected chi connectivity index (χ3v) is 5.12. The van der Waals surface area contributed by atoms with Crippen molar-refractivity contribution in [2.75, 3.05) is 6.61 Å². The van der Waals surface area contributed by atoms with Crippen LogP contribution >= 0.6 is 15.9 Å². The van der Waals surface area contributed by atoms with Gasteiger partial charge >= 0.3 is 5.97 Å². The Morgan fingerprint density at radius 2 is 1.90 bits per heavy atom. The maximum atomic E-state index is 12.9. The second-order valence-electron chi connectivity index (χ2n) is 6.68. The summed E-state index contributed by atoms with van der Waals surface area (Å²) >= 11 is 3.50. The molecule has 7 nitrogen and oxygen atoms in total. The number of ether oxygens (including phenoxy) is 1. The molecule has 0 aliphatic rings. The maximum Gasteiger partial charge on any atom is 0.354 e. The number of halogens is 1. The summed E-state index contributed by atoms with van der Waals surface area (Å²) in [4.78, 5) is 30.7. The van der Waals surface area contributed by atoms with Crippen LogP contribution in [0.2, 0.25) is 0 Å². The molecule has 3 N–H and O–H groups in total. The van der Waals surface area contributed by atoms with E-state index < -0.39 is 5.97 Å². The highest BCUT2D eigenvalue weighted by Gasteiger charge is 2.19. The molecule has 2 aromatic heterocycles. The highest BCUT2D eigenvalue weighted by Crippen LogP contribution is 2.34. The molecular weight excluding hydrogens is 460 g/mol. The van der Waals surface area contributed by atoms with Gasteiger partial charge in [-0.2, -0.15) is 5.10 Å². The molecule has 31 heavy (non-hydrogen) atoms. The first-order valence-electron chi connectivity index (χ1n) is 9.63. The van der Waals surface area contributed by atoms with Gasteiger partial charge in [-0.3, -0.25) is 4.79 Å². The summed E-state index contributed by atoms with van der Waals surface area (Å²) in [7, 11) is 0. The Morgan fingerprint density at radius 1 is 1.10 bits per heavy atom. The predicted molar refractivity (Wildman–Crippen MR) is 123 cm³/mol. The number of hydrogen-bond acceptors (Lipinski definition) is 4. The van der Waals surface area contributed by atoms with Crippen LogP contribution in [-0.2, 0) is 4.74 Å². The molecule has 2 aromatic carbocycles. The van der Waals surface area contributed by atoms with Gasteiger partial charge in [0.15, 0.2) is 0 Å². The summed E-state index contributed by atoms with van der Waals surface area (Å²) in [5.41, 5.74) is 6.41. The molecule has 4 rings (SSSR count). The van der Waals surface area contributed by atoms with E-state index in [0.717, 1.165) is 26.5 Å². The van der Waals surface area contributed by atoms with Crippen molar-refractivity contribution in [1.82, 2.24) is 15.4 Å². The second-order valence-corrected chi connectivity index (χ2v) is 7.59. The first kappa shape index (κ1) is 20.6. The van der Waals surface area contributed by atoms with Crippen LogP contribution in [0.25, 0.3) is 22.0 Å². The van der Waals surface area contributed by atoms with Crippen molar-refractivity contribution in [3.8, 4) is 11.1 Å². The van der Waals surface area contributed by atoms with Crippen molar-refractivity contribution in [2.45, 2.75) is 6.92 Å². The number of hydrazone groups is 1. The standard InChI is InChI=1S/C23H19BrN4O3/c1-2-31-23(30)19-11-9-16(26-19)13-25-28-22(29)21-20(14-6-4-3-5-7-14)17-12-15(24)8-10-18(17)27-21/h3-13,26-27H,2H2,1H3,(H,28,29)/b25-13+. The molecule has 0 radical (unpaired) electrons. The predicted octanol–water partition coefficient (Wildman–Crippen LogP) is 4.87. The van der Waals surface area contributed by atoms with Crippen LogP contribution in [-0.4, -0.2) is 34.7 Å². The fraction of sp³-hybridized carbons (Fsp3) is 0.0870. The molecule has 0 saturated heterocycles. The van der Waals surface area contributed by atoms with Crippen molar-refractivity contribution < 1.29 is 14.3 Å². The van der Waals surface area contributed by atoms with E-state index in [9.17, 15) is 9.59 Å². The van der Waals surface area contributed by atoms with Crippen molar-refractivity contribution in [2.24, 2.45) is 5.10 Å². The fourth-order valence-corrected chi connectivity index (χ4v) is 3.63. The van der Waals surface area contributed by atoms with Crippen molar-refractivity contribution in [3.05, 3.63) is 82.2 Å². The molecule has 0 bridgehead atoms. The number of aromatic amines is 2. The Kier molecular flexibility index (Phi) is 5.99. The lowest BCUT2D eigenvalue weighted by Crippen LogP contribution is -2.19.